The number of amides is 1. The van der Waals surface area contributed by atoms with Crippen LogP contribution < -0.4 is 0 Å². The van der Waals surface area contributed by atoms with Crippen molar-refractivity contribution in [2.75, 3.05) is 6.54 Å². The SMILES string of the molecule is CC(C)(C)C1CN(C(=O)O)C(c2cc3ccccc3o2)=CO1. The molecule has 5 nitrogen and oxygen atoms in total. The molecule has 0 saturated carbocycles. The number of carbonyl (C=O) groups is 1. The zero-order valence-corrected chi connectivity index (χ0v) is 12.9. The van der Waals surface area contributed by atoms with Crippen molar-refractivity contribution < 1.29 is 19.1 Å². The first-order valence-corrected chi connectivity index (χ1v) is 7.21. The lowest BCUT2D eigenvalue weighted by molar-refractivity contribution is 0.0138. The van der Waals surface area contributed by atoms with Crippen LogP contribution in [0.5, 0.6) is 0 Å². The molecule has 0 spiro atoms. The van der Waals surface area contributed by atoms with Crippen LogP contribution in [-0.4, -0.2) is 28.7 Å². The van der Waals surface area contributed by atoms with Gasteiger partial charge in [-0.25, -0.2) is 4.79 Å². The molecule has 0 fully saturated rings. The van der Waals surface area contributed by atoms with Crippen LogP contribution in [0.15, 0.2) is 41.0 Å². The predicted molar refractivity (Wildman–Crippen MR) is 83.2 cm³/mol. The molecule has 1 N–H and O–H groups in total. The van der Waals surface area contributed by atoms with Crippen LogP contribution in [0.25, 0.3) is 16.7 Å². The smallest absolute Gasteiger partial charge is 0.412 e. The zero-order valence-electron chi connectivity index (χ0n) is 12.9. The number of nitrogens with zero attached hydrogens (tertiary/aromatic N) is 1. The van der Waals surface area contributed by atoms with Gasteiger partial charge in [0.05, 0.1) is 6.54 Å². The van der Waals surface area contributed by atoms with E-state index in [1.54, 1.807) is 0 Å². The minimum absolute atomic E-state index is 0.149. The number of hydrogen-bond acceptors (Lipinski definition) is 3. The van der Waals surface area contributed by atoms with Gasteiger partial charge in [-0.2, -0.15) is 0 Å². The highest BCUT2D eigenvalue weighted by Crippen LogP contribution is 2.33. The Kier molecular flexibility index (Phi) is 3.35. The van der Waals surface area contributed by atoms with Crippen LogP contribution in [0.1, 0.15) is 26.5 Å². The molecule has 0 bridgehead atoms. The molecular formula is C17H19NO4. The zero-order chi connectivity index (χ0) is 15.9. The molecular weight excluding hydrogens is 282 g/mol. The van der Waals surface area contributed by atoms with Crippen molar-refractivity contribution in [3.05, 3.63) is 42.4 Å². The van der Waals surface area contributed by atoms with Crippen LogP contribution in [0.3, 0.4) is 0 Å². The summed E-state index contributed by atoms with van der Waals surface area (Å²) < 4.78 is 11.5. The molecule has 5 heteroatoms. The Bertz CT molecular complexity index is 705. The molecule has 116 valence electrons. The van der Waals surface area contributed by atoms with Gasteiger partial charge in [0.1, 0.15) is 23.6 Å². The largest absolute Gasteiger partial charge is 0.493 e. The average Bonchev–Trinajstić information content (AvgIpc) is 2.89. The highest BCUT2D eigenvalue weighted by molar-refractivity contribution is 5.85. The standard InChI is InChI=1S/C17H19NO4/c1-17(2,3)15-9-18(16(19)20)12(10-21-15)14-8-11-6-4-5-7-13(11)22-14/h4-8,10,15H,9H2,1-3H3,(H,19,20). The van der Waals surface area contributed by atoms with Crippen molar-refractivity contribution in [1.82, 2.24) is 4.90 Å². The van der Waals surface area contributed by atoms with Crippen LogP contribution >= 0.6 is 0 Å². The summed E-state index contributed by atoms with van der Waals surface area (Å²) in [6, 6.07) is 9.41. The van der Waals surface area contributed by atoms with Crippen LogP contribution in [0, 0.1) is 5.41 Å². The lowest BCUT2D eigenvalue weighted by Crippen LogP contribution is -2.44. The molecule has 2 heterocycles. The topological polar surface area (TPSA) is 62.9 Å². The van der Waals surface area contributed by atoms with Crippen LogP contribution in [0.4, 0.5) is 4.79 Å². The van der Waals surface area contributed by atoms with Gasteiger partial charge in [-0.05, 0) is 12.1 Å². The molecule has 0 saturated heterocycles. The highest BCUT2D eigenvalue weighted by atomic mass is 16.5. The van der Waals surface area contributed by atoms with Crippen LogP contribution in [0.2, 0.25) is 0 Å². The molecule has 1 aromatic carbocycles. The Morgan fingerprint density at radius 2 is 2.05 bits per heavy atom. The Morgan fingerprint density at radius 1 is 1.32 bits per heavy atom. The van der Waals surface area contributed by atoms with E-state index in [0.29, 0.717) is 11.5 Å². The van der Waals surface area contributed by atoms with Gasteiger partial charge in [-0.15, -0.1) is 0 Å². The molecule has 3 rings (SSSR count). The van der Waals surface area contributed by atoms with E-state index in [0.717, 1.165) is 11.0 Å². The molecule has 1 amide bonds. The number of ether oxygens (including phenoxy) is 1. The summed E-state index contributed by atoms with van der Waals surface area (Å²) in [5.41, 5.74) is 1.01. The van der Waals surface area contributed by atoms with E-state index in [1.165, 1.54) is 11.2 Å². The van der Waals surface area contributed by atoms with Crippen LogP contribution in [-0.2, 0) is 4.74 Å². The van der Waals surface area contributed by atoms with Gasteiger partial charge in [-0.1, -0.05) is 39.0 Å². The molecule has 1 aliphatic rings. The quantitative estimate of drug-likeness (QED) is 0.859. The Morgan fingerprint density at radius 3 is 2.68 bits per heavy atom. The second-order valence-electron chi connectivity index (χ2n) is 6.54. The molecule has 1 aliphatic heterocycles. The lowest BCUT2D eigenvalue weighted by atomic mass is 9.88. The third kappa shape index (κ3) is 2.54. The summed E-state index contributed by atoms with van der Waals surface area (Å²) in [6.07, 6.45) is 0.284. The van der Waals surface area contributed by atoms with E-state index in [9.17, 15) is 9.90 Å². The molecule has 0 radical (unpaired) electrons. The molecule has 22 heavy (non-hydrogen) atoms. The molecule has 0 aliphatic carbocycles. The summed E-state index contributed by atoms with van der Waals surface area (Å²) in [6.45, 7) is 6.36. The highest BCUT2D eigenvalue weighted by Gasteiger charge is 2.35. The summed E-state index contributed by atoms with van der Waals surface area (Å²) in [4.78, 5) is 12.9. The van der Waals surface area contributed by atoms with Crippen molar-refractivity contribution in [2.24, 2.45) is 5.41 Å². The van der Waals surface area contributed by atoms with E-state index in [-0.39, 0.29) is 18.1 Å². The fourth-order valence-electron chi connectivity index (χ4n) is 2.48. The van der Waals surface area contributed by atoms with Gasteiger partial charge in [0, 0.05) is 10.8 Å². The van der Waals surface area contributed by atoms with E-state index < -0.39 is 6.09 Å². The maximum Gasteiger partial charge on any atom is 0.412 e. The van der Waals surface area contributed by atoms with Crippen molar-refractivity contribution in [2.45, 2.75) is 26.9 Å². The second kappa shape index (κ2) is 5.09. The Hall–Kier alpha value is -2.43. The van der Waals surface area contributed by atoms with Crippen molar-refractivity contribution in [3.8, 4) is 0 Å². The molecule has 1 atom stereocenters. The van der Waals surface area contributed by atoms with Gasteiger partial charge in [0.25, 0.3) is 0 Å². The Labute approximate surface area is 128 Å². The summed E-state index contributed by atoms with van der Waals surface area (Å²) in [5.74, 6) is 0.496. The average molecular weight is 301 g/mol. The number of furan rings is 1. The Balaban J connectivity index is 2.00. The molecule has 2 aromatic rings. The maximum absolute atomic E-state index is 11.6. The maximum atomic E-state index is 11.6. The first-order chi connectivity index (χ1) is 10.4. The second-order valence-corrected chi connectivity index (χ2v) is 6.54. The summed E-state index contributed by atoms with van der Waals surface area (Å²) >= 11 is 0. The van der Waals surface area contributed by atoms with Gasteiger partial charge in [0.2, 0.25) is 0 Å². The number of carboxylic acid groups (broad SMARTS) is 1. The summed E-state index contributed by atoms with van der Waals surface area (Å²) in [5, 5.41) is 10.4. The molecule has 1 aromatic heterocycles. The number of benzene rings is 1. The number of para-hydroxylation sites is 1. The first-order valence-electron chi connectivity index (χ1n) is 7.21. The lowest BCUT2D eigenvalue weighted by Gasteiger charge is -2.37. The van der Waals surface area contributed by atoms with Crippen molar-refractivity contribution >= 4 is 22.8 Å². The fraction of sp³-hybridized carbons (Fsp3) is 0.353. The van der Waals surface area contributed by atoms with E-state index in [4.69, 9.17) is 9.15 Å². The van der Waals surface area contributed by atoms with Crippen molar-refractivity contribution in [3.63, 3.8) is 0 Å². The van der Waals surface area contributed by atoms with E-state index in [2.05, 4.69) is 0 Å². The fourth-order valence-corrected chi connectivity index (χ4v) is 2.48. The normalized spacial score (nSPS) is 19.0. The number of hydrogen-bond donors (Lipinski definition) is 1. The van der Waals surface area contributed by atoms with Gasteiger partial charge in [-0.3, -0.25) is 4.90 Å². The minimum atomic E-state index is -1.01. The minimum Gasteiger partial charge on any atom is -0.493 e. The van der Waals surface area contributed by atoms with Gasteiger partial charge in [0.15, 0.2) is 5.76 Å². The van der Waals surface area contributed by atoms with Crippen molar-refractivity contribution in [1.29, 1.82) is 0 Å². The van der Waals surface area contributed by atoms with E-state index in [1.807, 2.05) is 51.1 Å². The van der Waals surface area contributed by atoms with E-state index >= 15 is 0 Å². The van der Waals surface area contributed by atoms with Gasteiger partial charge < -0.3 is 14.3 Å². The predicted octanol–water partition coefficient (Wildman–Crippen LogP) is 4.16. The van der Waals surface area contributed by atoms with Gasteiger partial charge >= 0.3 is 6.09 Å². The third-order valence-corrected chi connectivity index (χ3v) is 3.86. The molecule has 1 unspecified atom stereocenters. The summed E-state index contributed by atoms with van der Waals surface area (Å²) in [7, 11) is 0. The number of fused-ring (bicyclic) bond motifs is 1. The third-order valence-electron chi connectivity index (χ3n) is 3.86. The first kappa shape index (κ1) is 14.5. The monoisotopic (exact) mass is 301 g/mol. The number of rotatable bonds is 1.